The van der Waals surface area contributed by atoms with Crippen molar-refractivity contribution >= 4 is 5.97 Å². The monoisotopic (exact) mass is 256 g/mol. The molecule has 0 aliphatic heterocycles. The molecule has 0 aliphatic carbocycles. The van der Waals surface area contributed by atoms with E-state index in [-0.39, 0.29) is 5.76 Å². The highest BCUT2D eigenvalue weighted by Crippen LogP contribution is 2.37. The molecule has 0 aliphatic rings. The van der Waals surface area contributed by atoms with E-state index < -0.39 is 23.5 Å². The molecule has 1 aromatic carbocycles. The minimum atomic E-state index is -4.83. The molecule has 1 heterocycles. The van der Waals surface area contributed by atoms with Crippen molar-refractivity contribution in [2.24, 2.45) is 0 Å². The Morgan fingerprint density at radius 1 is 1.17 bits per heavy atom. The van der Waals surface area contributed by atoms with Crippen molar-refractivity contribution < 1.29 is 27.5 Å². The van der Waals surface area contributed by atoms with Gasteiger partial charge in [-0.3, -0.25) is 0 Å². The van der Waals surface area contributed by atoms with E-state index >= 15 is 0 Å². The molecule has 18 heavy (non-hydrogen) atoms. The average molecular weight is 256 g/mol. The van der Waals surface area contributed by atoms with Gasteiger partial charge < -0.3 is 9.52 Å². The van der Waals surface area contributed by atoms with Crippen LogP contribution in [0.3, 0.4) is 0 Å². The summed E-state index contributed by atoms with van der Waals surface area (Å²) in [7, 11) is 0. The Balaban J connectivity index is 2.57. The first-order valence-corrected chi connectivity index (χ1v) is 4.89. The highest BCUT2D eigenvalue weighted by Gasteiger charge is 2.40. The van der Waals surface area contributed by atoms with Crippen molar-refractivity contribution in [2.45, 2.75) is 6.18 Å². The van der Waals surface area contributed by atoms with E-state index in [0.29, 0.717) is 5.56 Å². The number of benzene rings is 1. The summed E-state index contributed by atoms with van der Waals surface area (Å²) in [4.78, 5) is 10.8. The maximum Gasteiger partial charge on any atom is 0.450 e. The first-order chi connectivity index (χ1) is 8.39. The van der Waals surface area contributed by atoms with Crippen molar-refractivity contribution in [3.05, 3.63) is 47.7 Å². The third-order valence-corrected chi connectivity index (χ3v) is 2.28. The summed E-state index contributed by atoms with van der Waals surface area (Å²) < 4.78 is 42.4. The van der Waals surface area contributed by atoms with Gasteiger partial charge >= 0.3 is 12.1 Å². The van der Waals surface area contributed by atoms with Crippen LogP contribution in [0.1, 0.15) is 16.1 Å². The zero-order chi connectivity index (χ0) is 13.3. The van der Waals surface area contributed by atoms with Crippen LogP contribution in [-0.2, 0) is 6.18 Å². The number of hydrogen-bond donors (Lipinski definition) is 1. The normalized spacial score (nSPS) is 11.5. The van der Waals surface area contributed by atoms with Crippen molar-refractivity contribution in [1.82, 2.24) is 0 Å². The van der Waals surface area contributed by atoms with Gasteiger partial charge in [0.25, 0.3) is 0 Å². The maximum absolute atomic E-state index is 12.6. The number of carbonyl (C=O) groups is 1. The predicted octanol–water partition coefficient (Wildman–Crippen LogP) is 3.66. The van der Waals surface area contributed by atoms with Crippen LogP contribution in [-0.4, -0.2) is 11.1 Å². The lowest BCUT2D eigenvalue weighted by atomic mass is 10.1. The Hall–Kier alpha value is -2.24. The van der Waals surface area contributed by atoms with Crippen molar-refractivity contribution in [1.29, 1.82) is 0 Å². The van der Waals surface area contributed by atoms with Gasteiger partial charge in [0.15, 0.2) is 0 Å². The van der Waals surface area contributed by atoms with Crippen molar-refractivity contribution in [3.8, 4) is 11.3 Å². The lowest BCUT2D eigenvalue weighted by Gasteiger charge is -2.03. The predicted molar refractivity (Wildman–Crippen MR) is 56.1 cm³/mol. The van der Waals surface area contributed by atoms with Crippen LogP contribution in [0.2, 0.25) is 0 Å². The molecule has 2 aromatic rings. The molecule has 0 atom stereocenters. The highest BCUT2D eigenvalue weighted by molar-refractivity contribution is 5.90. The Morgan fingerprint density at radius 3 is 2.22 bits per heavy atom. The Labute approximate surface area is 99.5 Å². The van der Waals surface area contributed by atoms with E-state index in [2.05, 4.69) is 4.42 Å². The Kier molecular flexibility index (Phi) is 2.86. The van der Waals surface area contributed by atoms with Crippen molar-refractivity contribution in [3.63, 3.8) is 0 Å². The van der Waals surface area contributed by atoms with Crippen LogP contribution in [0, 0.1) is 0 Å². The molecule has 0 fully saturated rings. The molecule has 0 saturated heterocycles. The molecule has 2 rings (SSSR count). The second kappa shape index (κ2) is 4.21. The van der Waals surface area contributed by atoms with Crippen LogP contribution >= 0.6 is 0 Å². The van der Waals surface area contributed by atoms with Gasteiger partial charge in [-0.25, -0.2) is 4.79 Å². The van der Waals surface area contributed by atoms with Crippen LogP contribution < -0.4 is 0 Å². The molecule has 0 spiro atoms. The summed E-state index contributed by atoms with van der Waals surface area (Å²) >= 11 is 0. The third kappa shape index (κ3) is 2.22. The SMILES string of the molecule is O=C(O)c1cc(-c2ccccc2)oc1C(F)(F)F. The van der Waals surface area contributed by atoms with E-state index in [4.69, 9.17) is 5.11 Å². The van der Waals surface area contributed by atoms with Crippen LogP contribution in [0.25, 0.3) is 11.3 Å². The average Bonchev–Trinajstić information content (AvgIpc) is 2.74. The lowest BCUT2D eigenvalue weighted by molar-refractivity contribution is -0.153. The summed E-state index contributed by atoms with van der Waals surface area (Å²) in [6, 6.07) is 8.86. The molecule has 0 amide bonds. The summed E-state index contributed by atoms with van der Waals surface area (Å²) in [5.41, 5.74) is -0.503. The van der Waals surface area contributed by atoms with Gasteiger partial charge in [0, 0.05) is 5.56 Å². The van der Waals surface area contributed by atoms with E-state index in [0.717, 1.165) is 6.07 Å². The number of aromatic carboxylic acids is 1. The fourth-order valence-electron chi connectivity index (χ4n) is 1.51. The molecule has 1 aromatic heterocycles. The van der Waals surface area contributed by atoms with Crippen LogP contribution in [0.5, 0.6) is 0 Å². The summed E-state index contributed by atoms with van der Waals surface area (Å²) in [5.74, 6) is -3.29. The zero-order valence-corrected chi connectivity index (χ0v) is 8.86. The van der Waals surface area contributed by atoms with Gasteiger partial charge in [-0.2, -0.15) is 13.2 Å². The molecule has 0 saturated carbocycles. The fourth-order valence-corrected chi connectivity index (χ4v) is 1.51. The van der Waals surface area contributed by atoms with E-state index in [1.165, 1.54) is 12.1 Å². The van der Waals surface area contributed by atoms with Gasteiger partial charge in [0.05, 0.1) is 0 Å². The number of halogens is 3. The van der Waals surface area contributed by atoms with Gasteiger partial charge in [-0.15, -0.1) is 0 Å². The topological polar surface area (TPSA) is 50.4 Å². The number of furan rings is 1. The molecular weight excluding hydrogens is 249 g/mol. The second-order valence-corrected chi connectivity index (χ2v) is 3.52. The molecule has 0 bridgehead atoms. The molecular formula is C12H7F3O3. The molecule has 3 nitrogen and oxygen atoms in total. The smallest absolute Gasteiger partial charge is 0.450 e. The number of alkyl halides is 3. The van der Waals surface area contributed by atoms with E-state index in [9.17, 15) is 18.0 Å². The molecule has 1 N–H and O–H groups in total. The maximum atomic E-state index is 12.6. The zero-order valence-electron chi connectivity index (χ0n) is 8.86. The first kappa shape index (κ1) is 12.2. The Morgan fingerprint density at radius 2 is 1.78 bits per heavy atom. The van der Waals surface area contributed by atoms with Crippen LogP contribution in [0.15, 0.2) is 40.8 Å². The first-order valence-electron chi connectivity index (χ1n) is 4.89. The van der Waals surface area contributed by atoms with Gasteiger partial charge in [-0.1, -0.05) is 30.3 Å². The highest BCUT2D eigenvalue weighted by atomic mass is 19.4. The quantitative estimate of drug-likeness (QED) is 0.891. The molecule has 0 radical (unpaired) electrons. The molecule has 94 valence electrons. The molecule has 0 unspecified atom stereocenters. The Bertz CT molecular complexity index is 570. The fraction of sp³-hybridized carbons (Fsp3) is 0.0833. The van der Waals surface area contributed by atoms with E-state index in [1.807, 2.05) is 0 Å². The lowest BCUT2D eigenvalue weighted by Crippen LogP contribution is -2.09. The summed E-state index contributed by atoms with van der Waals surface area (Å²) in [6.45, 7) is 0. The number of carboxylic acids is 1. The number of rotatable bonds is 2. The minimum absolute atomic E-state index is 0.125. The molecule has 6 heteroatoms. The standard InChI is InChI=1S/C12H7F3O3/c13-12(14,15)10-8(11(16)17)6-9(18-10)7-4-2-1-3-5-7/h1-6H,(H,16,17). The van der Waals surface area contributed by atoms with Gasteiger partial charge in [0.2, 0.25) is 5.76 Å². The van der Waals surface area contributed by atoms with Gasteiger partial charge in [0.1, 0.15) is 11.3 Å². The summed E-state index contributed by atoms with van der Waals surface area (Å²) in [5, 5.41) is 8.73. The third-order valence-electron chi connectivity index (χ3n) is 2.28. The van der Waals surface area contributed by atoms with Crippen LogP contribution in [0.4, 0.5) is 13.2 Å². The van der Waals surface area contributed by atoms with E-state index in [1.54, 1.807) is 18.2 Å². The largest absolute Gasteiger partial charge is 0.478 e. The van der Waals surface area contributed by atoms with Crippen molar-refractivity contribution in [2.75, 3.05) is 0 Å². The summed E-state index contributed by atoms with van der Waals surface area (Å²) in [6.07, 6.45) is -4.83. The second-order valence-electron chi connectivity index (χ2n) is 3.52. The van der Waals surface area contributed by atoms with Gasteiger partial charge in [-0.05, 0) is 6.07 Å². The number of carboxylic acid groups (broad SMARTS) is 1. The number of hydrogen-bond acceptors (Lipinski definition) is 2. The minimum Gasteiger partial charge on any atom is -0.478 e.